The van der Waals surface area contributed by atoms with Crippen molar-refractivity contribution in [3.63, 3.8) is 0 Å². The molecule has 2 unspecified atom stereocenters. The zero-order valence-electron chi connectivity index (χ0n) is 47.3. The molecule has 0 radical (unpaired) electrons. The summed E-state index contributed by atoms with van der Waals surface area (Å²) in [6, 6.07) is 8.05. The number of carbonyl (C=O) groups excluding carboxylic acids is 1. The first-order valence-electron chi connectivity index (χ1n) is 27.9. The lowest BCUT2D eigenvalue weighted by molar-refractivity contribution is -0.137. The Balaban J connectivity index is 0.000000202. The number of ether oxygens (including phenoxy) is 2. The summed E-state index contributed by atoms with van der Waals surface area (Å²) in [5.41, 5.74) is 2.45. The van der Waals surface area contributed by atoms with Gasteiger partial charge in [0.1, 0.15) is 11.5 Å². The summed E-state index contributed by atoms with van der Waals surface area (Å²) in [4.78, 5) is 36.3. The van der Waals surface area contributed by atoms with Crippen LogP contribution in [-0.2, 0) is 29.6 Å². The largest absolute Gasteiger partial charge is 0.497 e. The molecule has 6 aliphatic rings. The molecule has 6 fully saturated rings. The SMILES string of the molecule is CN1CCC(C2CCN(C3CCNC3)CC2)CC1.COc1cc(C)c(S(=O)(=O)N(C)CCC(=O)N2CCC(N3CCC(C4CCN(C)CC4)CC3)C2)c(C)c1.COc1cc(C)c(S(=O)(=O)N(C)CCC(=O)O)c(C)c1. The lowest BCUT2D eigenvalue weighted by Crippen LogP contribution is -2.45. The highest BCUT2D eigenvalue weighted by Crippen LogP contribution is 2.36. The van der Waals surface area contributed by atoms with E-state index in [1.165, 1.54) is 129 Å². The number of amides is 1. The van der Waals surface area contributed by atoms with Crippen molar-refractivity contribution in [2.24, 2.45) is 23.7 Å². The van der Waals surface area contributed by atoms with Crippen LogP contribution in [0.25, 0.3) is 0 Å². The van der Waals surface area contributed by atoms with E-state index in [9.17, 15) is 26.4 Å². The minimum Gasteiger partial charge on any atom is -0.497 e. The van der Waals surface area contributed by atoms with E-state index in [0.717, 1.165) is 66.6 Å². The maximum Gasteiger partial charge on any atom is 0.304 e. The second-order valence-corrected chi connectivity index (χ2v) is 26.6. The fraction of sp³-hybridized carbons (Fsp3) is 0.750. The van der Waals surface area contributed by atoms with E-state index in [2.05, 4.69) is 39.0 Å². The number of hydrogen-bond donors (Lipinski definition) is 2. The number of methoxy groups -OCH3 is 2. The first-order chi connectivity index (χ1) is 35.6. The average molecular weight is 1090 g/mol. The lowest BCUT2D eigenvalue weighted by atomic mass is 9.78. The smallest absolute Gasteiger partial charge is 0.304 e. The molecule has 0 aliphatic carbocycles. The van der Waals surface area contributed by atoms with Crippen LogP contribution >= 0.6 is 0 Å². The maximum absolute atomic E-state index is 13.3. The number of nitrogens with zero attached hydrogens (tertiary/aromatic N) is 7. The van der Waals surface area contributed by atoms with E-state index in [4.69, 9.17) is 14.6 Å². The number of sulfonamides is 2. The molecular formula is C56H94N8O9S2. The first-order valence-corrected chi connectivity index (χ1v) is 30.8. The summed E-state index contributed by atoms with van der Waals surface area (Å²) < 4.78 is 64.2. The van der Waals surface area contributed by atoms with Crippen molar-refractivity contribution in [3.8, 4) is 11.5 Å². The Hall–Kier alpha value is -3.40. The Bertz CT molecular complexity index is 2340. The molecule has 6 heterocycles. The van der Waals surface area contributed by atoms with Gasteiger partial charge in [0.2, 0.25) is 26.0 Å². The molecule has 424 valence electrons. The monoisotopic (exact) mass is 1090 g/mol. The number of carbonyl (C=O) groups is 2. The van der Waals surface area contributed by atoms with Crippen LogP contribution in [-0.4, -0.2) is 213 Å². The van der Waals surface area contributed by atoms with Gasteiger partial charge in [-0.1, -0.05) is 0 Å². The fourth-order valence-electron chi connectivity index (χ4n) is 12.8. The van der Waals surface area contributed by atoms with Crippen molar-refractivity contribution < 1.29 is 41.0 Å². The number of carboxylic acid groups (broad SMARTS) is 1. The zero-order valence-corrected chi connectivity index (χ0v) is 49.0. The standard InChI is InChI=1S/C28H46N4O4S.C15H29N3.C13H19NO5S/c1-21-18-26(36-5)19-22(2)28(21)37(34,35)30(4)14-11-27(33)32-17-10-25(20-32)31-15-8-24(9-16-31)23-6-12-29(3)13-7-23;1-17-8-3-13(4-9-17)14-5-10-18(11-6-14)15-2-7-16-12-15;1-9-7-11(19-4)8-10(2)13(9)20(17,18)14(3)6-5-12(15)16/h18-19,23-25H,6-17,20H2,1-5H3;13-16H,2-12H2,1H3;7-8H,5-6H2,1-4H3,(H,15,16). The summed E-state index contributed by atoms with van der Waals surface area (Å²) in [6.45, 7) is 21.2. The van der Waals surface area contributed by atoms with Crippen molar-refractivity contribution in [1.29, 1.82) is 0 Å². The predicted molar refractivity (Wildman–Crippen MR) is 297 cm³/mol. The van der Waals surface area contributed by atoms with Crippen molar-refractivity contribution in [1.82, 2.24) is 38.4 Å². The van der Waals surface area contributed by atoms with Gasteiger partial charge in [-0.15, -0.1) is 0 Å². The van der Waals surface area contributed by atoms with Gasteiger partial charge in [0.15, 0.2) is 0 Å². The van der Waals surface area contributed by atoms with E-state index >= 15 is 0 Å². The van der Waals surface area contributed by atoms with Crippen molar-refractivity contribution in [3.05, 3.63) is 46.5 Å². The minimum atomic E-state index is -3.71. The van der Waals surface area contributed by atoms with Crippen LogP contribution in [0, 0.1) is 51.4 Å². The lowest BCUT2D eigenvalue weighted by Gasteiger charge is -2.41. The number of piperidine rings is 4. The highest BCUT2D eigenvalue weighted by molar-refractivity contribution is 7.89. The molecule has 2 aromatic rings. The van der Waals surface area contributed by atoms with Crippen LogP contribution in [0.4, 0.5) is 0 Å². The molecule has 75 heavy (non-hydrogen) atoms. The van der Waals surface area contributed by atoms with E-state index in [0.29, 0.717) is 44.7 Å². The zero-order chi connectivity index (χ0) is 54.6. The third kappa shape index (κ3) is 16.3. The van der Waals surface area contributed by atoms with E-state index in [1.54, 1.807) is 66.1 Å². The number of carboxylic acids is 1. The molecule has 2 atom stereocenters. The molecule has 2 aromatic carbocycles. The maximum atomic E-state index is 13.3. The molecule has 0 bridgehead atoms. The third-order valence-electron chi connectivity index (χ3n) is 17.5. The Morgan fingerprint density at radius 1 is 0.573 bits per heavy atom. The molecular weight excluding hydrogens is 993 g/mol. The Morgan fingerprint density at radius 2 is 0.947 bits per heavy atom. The van der Waals surface area contributed by atoms with Crippen molar-refractivity contribution >= 4 is 31.9 Å². The van der Waals surface area contributed by atoms with Crippen LogP contribution in [0.1, 0.15) is 99.3 Å². The number of likely N-dealkylation sites (tertiary alicyclic amines) is 5. The van der Waals surface area contributed by atoms with Gasteiger partial charge in [0.05, 0.1) is 30.4 Å². The average Bonchev–Trinajstić information content (AvgIpc) is 4.12. The summed E-state index contributed by atoms with van der Waals surface area (Å²) in [7, 11) is 3.12. The Morgan fingerprint density at radius 3 is 1.31 bits per heavy atom. The molecule has 17 nitrogen and oxygen atoms in total. The minimum absolute atomic E-state index is 0.0499. The van der Waals surface area contributed by atoms with Gasteiger partial charge < -0.3 is 34.6 Å². The van der Waals surface area contributed by atoms with Gasteiger partial charge in [-0.2, -0.15) is 0 Å². The molecule has 0 aromatic heterocycles. The molecule has 1 amide bonds. The Kier molecular flexibility index (Phi) is 22.7. The second kappa shape index (κ2) is 28.0. The molecule has 8 rings (SSSR count). The second-order valence-electron chi connectivity index (χ2n) is 22.7. The molecule has 6 aliphatic heterocycles. The van der Waals surface area contributed by atoms with E-state index in [-0.39, 0.29) is 36.7 Å². The number of hydrogen-bond acceptors (Lipinski definition) is 13. The quantitative estimate of drug-likeness (QED) is 0.207. The van der Waals surface area contributed by atoms with Crippen LogP contribution in [0.5, 0.6) is 11.5 Å². The van der Waals surface area contributed by atoms with E-state index in [1.807, 2.05) is 4.90 Å². The first kappa shape index (κ1) is 60.8. The summed E-state index contributed by atoms with van der Waals surface area (Å²) in [6.07, 6.45) is 13.4. The summed E-state index contributed by atoms with van der Waals surface area (Å²) in [5.74, 6) is 4.06. The van der Waals surface area contributed by atoms with Gasteiger partial charge >= 0.3 is 5.97 Å². The fourth-order valence-corrected chi connectivity index (χ4v) is 16.0. The van der Waals surface area contributed by atoms with Crippen molar-refractivity contribution in [2.45, 2.75) is 127 Å². The van der Waals surface area contributed by atoms with Gasteiger partial charge in [-0.3, -0.25) is 19.4 Å². The molecule has 19 heteroatoms. The van der Waals surface area contributed by atoms with Gasteiger partial charge in [0.25, 0.3) is 0 Å². The van der Waals surface area contributed by atoms with Gasteiger partial charge in [0, 0.05) is 65.3 Å². The number of nitrogens with one attached hydrogen (secondary N) is 1. The van der Waals surface area contributed by atoms with Crippen LogP contribution in [0.15, 0.2) is 34.1 Å². The van der Waals surface area contributed by atoms with Gasteiger partial charge in [-0.05, 0) is 235 Å². The molecule has 6 saturated heterocycles. The number of benzene rings is 2. The van der Waals surface area contributed by atoms with Crippen LogP contribution in [0.3, 0.4) is 0 Å². The number of rotatable bonds is 16. The molecule has 2 N–H and O–H groups in total. The third-order valence-corrected chi connectivity index (χ3v) is 21.9. The summed E-state index contributed by atoms with van der Waals surface area (Å²) in [5, 5.41) is 12.1. The van der Waals surface area contributed by atoms with Gasteiger partial charge in [-0.25, -0.2) is 25.4 Å². The highest BCUT2D eigenvalue weighted by Gasteiger charge is 2.36. The van der Waals surface area contributed by atoms with Crippen LogP contribution < -0.4 is 14.8 Å². The predicted octanol–water partition coefficient (Wildman–Crippen LogP) is 5.79. The Labute approximate surface area is 451 Å². The van der Waals surface area contributed by atoms with Crippen LogP contribution in [0.2, 0.25) is 0 Å². The van der Waals surface area contributed by atoms with Crippen molar-refractivity contribution in [2.75, 3.05) is 134 Å². The van der Waals surface area contributed by atoms with E-state index < -0.39 is 26.0 Å². The topological polar surface area (TPSA) is 176 Å². The molecule has 0 spiro atoms. The summed E-state index contributed by atoms with van der Waals surface area (Å²) >= 11 is 0. The number of aliphatic carboxylic acids is 1. The highest BCUT2D eigenvalue weighted by atomic mass is 32.2. The number of aryl methyl sites for hydroxylation is 4. The molecule has 0 saturated carbocycles. The normalized spacial score (nSPS) is 22.7.